The number of nitrogens with zero attached hydrogens (tertiary/aromatic N) is 1. The number of Topliss-reactive ketones (excluding diaryl/α,β-unsaturated/α-hetero) is 1. The van der Waals surface area contributed by atoms with Gasteiger partial charge in [-0.15, -0.1) is 0 Å². The zero-order valence-electron chi connectivity index (χ0n) is 11.8. The quantitative estimate of drug-likeness (QED) is 0.759. The third kappa shape index (κ3) is 3.14. The van der Waals surface area contributed by atoms with E-state index >= 15 is 0 Å². The van der Waals surface area contributed by atoms with Crippen LogP contribution in [0.2, 0.25) is 0 Å². The number of rotatable bonds is 4. The molecule has 2 nitrogen and oxygen atoms in total. The predicted octanol–water partition coefficient (Wildman–Crippen LogP) is 4.19. The molecular formula is C16H22FNO. The van der Waals surface area contributed by atoms with E-state index in [2.05, 4.69) is 11.8 Å². The Labute approximate surface area is 114 Å². The van der Waals surface area contributed by atoms with Gasteiger partial charge in [0.1, 0.15) is 5.82 Å². The molecule has 0 radical (unpaired) electrons. The van der Waals surface area contributed by atoms with Gasteiger partial charge in [-0.2, -0.15) is 0 Å². The molecule has 0 aromatic heterocycles. The minimum Gasteiger partial charge on any atom is -0.366 e. The molecule has 0 saturated heterocycles. The van der Waals surface area contributed by atoms with Crippen LogP contribution in [0.5, 0.6) is 0 Å². The summed E-state index contributed by atoms with van der Waals surface area (Å²) in [5.41, 5.74) is 1.08. The summed E-state index contributed by atoms with van der Waals surface area (Å²) >= 11 is 0. The van der Waals surface area contributed by atoms with Gasteiger partial charge in [0.05, 0.1) is 5.69 Å². The minimum atomic E-state index is -0.278. The second-order valence-electron chi connectivity index (χ2n) is 5.30. The molecule has 1 aliphatic carbocycles. The Morgan fingerprint density at radius 3 is 2.53 bits per heavy atom. The monoisotopic (exact) mass is 263 g/mol. The van der Waals surface area contributed by atoms with Crippen LogP contribution in [0.25, 0.3) is 0 Å². The fourth-order valence-corrected chi connectivity index (χ4v) is 2.98. The van der Waals surface area contributed by atoms with E-state index in [0.29, 0.717) is 17.3 Å². The molecule has 3 heteroatoms. The van der Waals surface area contributed by atoms with Crippen molar-refractivity contribution in [2.45, 2.75) is 52.0 Å². The minimum absolute atomic E-state index is 0.0915. The summed E-state index contributed by atoms with van der Waals surface area (Å²) in [6.07, 6.45) is 6.03. The number of anilines is 1. The van der Waals surface area contributed by atoms with Crippen molar-refractivity contribution in [3.63, 3.8) is 0 Å². The highest BCUT2D eigenvalue weighted by Crippen LogP contribution is 2.29. The zero-order valence-corrected chi connectivity index (χ0v) is 11.8. The molecule has 0 aliphatic heterocycles. The largest absolute Gasteiger partial charge is 0.366 e. The van der Waals surface area contributed by atoms with Crippen LogP contribution in [-0.4, -0.2) is 18.4 Å². The topological polar surface area (TPSA) is 20.3 Å². The van der Waals surface area contributed by atoms with Crippen molar-refractivity contribution in [2.75, 3.05) is 11.4 Å². The summed E-state index contributed by atoms with van der Waals surface area (Å²) in [4.78, 5) is 13.4. The van der Waals surface area contributed by atoms with Gasteiger partial charge in [0.2, 0.25) is 0 Å². The first-order valence-electron chi connectivity index (χ1n) is 7.20. The smallest absolute Gasteiger partial charge is 0.159 e. The Bertz CT molecular complexity index is 452. The number of carbonyl (C=O) groups is 1. The van der Waals surface area contributed by atoms with Crippen molar-refractivity contribution in [1.29, 1.82) is 0 Å². The number of hydrogen-bond donors (Lipinski definition) is 0. The van der Waals surface area contributed by atoms with Gasteiger partial charge in [-0.3, -0.25) is 4.79 Å². The van der Waals surface area contributed by atoms with E-state index in [-0.39, 0.29) is 11.6 Å². The third-order valence-electron chi connectivity index (χ3n) is 4.02. The molecule has 0 heterocycles. The SMILES string of the molecule is CCN(c1ccc(C(C)=O)cc1F)C1CCCCC1. The average molecular weight is 263 g/mol. The molecule has 1 fully saturated rings. The van der Waals surface area contributed by atoms with Crippen molar-refractivity contribution in [1.82, 2.24) is 0 Å². The highest BCUT2D eigenvalue weighted by Gasteiger charge is 2.22. The number of halogens is 1. The van der Waals surface area contributed by atoms with Crippen LogP contribution in [0.15, 0.2) is 18.2 Å². The van der Waals surface area contributed by atoms with Crippen molar-refractivity contribution in [3.8, 4) is 0 Å². The molecule has 0 unspecified atom stereocenters. The lowest BCUT2D eigenvalue weighted by Gasteiger charge is -2.35. The first-order chi connectivity index (χ1) is 9.13. The molecule has 104 valence electrons. The lowest BCUT2D eigenvalue weighted by atomic mass is 9.93. The molecule has 0 atom stereocenters. The van der Waals surface area contributed by atoms with Crippen LogP contribution in [0, 0.1) is 5.82 Å². The average Bonchev–Trinajstić information content (AvgIpc) is 2.42. The Kier molecular flexibility index (Phi) is 4.56. The molecule has 1 aromatic carbocycles. The van der Waals surface area contributed by atoms with Crippen LogP contribution < -0.4 is 4.90 Å². The van der Waals surface area contributed by atoms with Crippen LogP contribution >= 0.6 is 0 Å². The maximum atomic E-state index is 14.2. The molecule has 1 aliphatic rings. The Hall–Kier alpha value is -1.38. The fourth-order valence-electron chi connectivity index (χ4n) is 2.98. The highest BCUT2D eigenvalue weighted by atomic mass is 19.1. The van der Waals surface area contributed by atoms with Crippen molar-refractivity contribution in [2.24, 2.45) is 0 Å². The molecule has 0 N–H and O–H groups in total. The Balaban J connectivity index is 2.24. The molecular weight excluding hydrogens is 241 g/mol. The number of benzene rings is 1. The number of carbonyl (C=O) groups excluding carboxylic acids is 1. The van der Waals surface area contributed by atoms with E-state index in [1.807, 2.05) is 0 Å². The lowest BCUT2D eigenvalue weighted by Crippen LogP contribution is -2.37. The predicted molar refractivity (Wildman–Crippen MR) is 76.3 cm³/mol. The van der Waals surface area contributed by atoms with Gasteiger partial charge in [-0.05, 0) is 44.9 Å². The third-order valence-corrected chi connectivity index (χ3v) is 4.02. The normalized spacial score (nSPS) is 16.4. The Morgan fingerprint density at radius 2 is 2.00 bits per heavy atom. The molecule has 2 rings (SSSR count). The van der Waals surface area contributed by atoms with E-state index in [1.54, 1.807) is 12.1 Å². The summed E-state index contributed by atoms with van der Waals surface area (Å²) in [6, 6.07) is 5.29. The molecule has 0 bridgehead atoms. The first kappa shape index (κ1) is 14.0. The molecule has 19 heavy (non-hydrogen) atoms. The van der Waals surface area contributed by atoms with Crippen molar-refractivity contribution < 1.29 is 9.18 Å². The van der Waals surface area contributed by atoms with E-state index in [0.717, 1.165) is 19.4 Å². The van der Waals surface area contributed by atoms with Gasteiger partial charge in [0, 0.05) is 18.2 Å². The summed E-state index contributed by atoms with van der Waals surface area (Å²) in [7, 11) is 0. The maximum absolute atomic E-state index is 14.2. The van der Waals surface area contributed by atoms with Crippen LogP contribution in [-0.2, 0) is 0 Å². The Morgan fingerprint density at radius 1 is 1.32 bits per heavy atom. The summed E-state index contributed by atoms with van der Waals surface area (Å²) in [5.74, 6) is -0.369. The van der Waals surface area contributed by atoms with Crippen molar-refractivity contribution in [3.05, 3.63) is 29.6 Å². The van der Waals surface area contributed by atoms with E-state index in [1.165, 1.54) is 32.3 Å². The van der Waals surface area contributed by atoms with E-state index in [4.69, 9.17) is 0 Å². The van der Waals surface area contributed by atoms with Gasteiger partial charge in [0.15, 0.2) is 5.78 Å². The van der Waals surface area contributed by atoms with Crippen LogP contribution in [0.1, 0.15) is 56.3 Å². The second kappa shape index (κ2) is 6.18. The molecule has 1 aromatic rings. The van der Waals surface area contributed by atoms with Gasteiger partial charge >= 0.3 is 0 Å². The van der Waals surface area contributed by atoms with Gasteiger partial charge in [-0.25, -0.2) is 4.39 Å². The van der Waals surface area contributed by atoms with Crippen LogP contribution in [0.3, 0.4) is 0 Å². The molecule has 0 spiro atoms. The highest BCUT2D eigenvalue weighted by molar-refractivity contribution is 5.94. The van der Waals surface area contributed by atoms with Gasteiger partial charge in [0.25, 0.3) is 0 Å². The first-order valence-corrected chi connectivity index (χ1v) is 7.20. The van der Waals surface area contributed by atoms with Gasteiger partial charge < -0.3 is 4.90 Å². The van der Waals surface area contributed by atoms with Gasteiger partial charge in [-0.1, -0.05) is 19.3 Å². The number of ketones is 1. The zero-order chi connectivity index (χ0) is 13.8. The molecule has 1 saturated carbocycles. The lowest BCUT2D eigenvalue weighted by molar-refractivity contribution is 0.101. The van der Waals surface area contributed by atoms with E-state index < -0.39 is 0 Å². The summed E-state index contributed by atoms with van der Waals surface area (Å²) in [5, 5.41) is 0. The fraction of sp³-hybridized carbons (Fsp3) is 0.562. The summed E-state index contributed by atoms with van der Waals surface area (Å²) < 4.78 is 14.2. The standard InChI is InChI=1S/C16H22FNO/c1-3-18(14-7-5-4-6-8-14)16-10-9-13(12(2)19)11-15(16)17/h9-11,14H,3-8H2,1-2H3. The summed E-state index contributed by atoms with van der Waals surface area (Å²) in [6.45, 7) is 4.33. The molecule has 0 amide bonds. The van der Waals surface area contributed by atoms with E-state index in [9.17, 15) is 9.18 Å². The second-order valence-corrected chi connectivity index (χ2v) is 5.30. The van der Waals surface area contributed by atoms with Crippen LogP contribution in [0.4, 0.5) is 10.1 Å². The number of hydrogen-bond acceptors (Lipinski definition) is 2. The maximum Gasteiger partial charge on any atom is 0.159 e. The van der Waals surface area contributed by atoms with Crippen molar-refractivity contribution >= 4 is 11.5 Å².